The van der Waals surface area contributed by atoms with Crippen LogP contribution in [0.2, 0.25) is 5.02 Å². The molecule has 0 bridgehead atoms. The summed E-state index contributed by atoms with van der Waals surface area (Å²) in [4.78, 5) is 16.8. The molecule has 2 aromatic heterocycles. The van der Waals surface area contributed by atoms with Crippen LogP contribution in [-0.4, -0.2) is 71.1 Å². The molecule has 0 unspecified atom stereocenters. The summed E-state index contributed by atoms with van der Waals surface area (Å²) in [7, 11) is 4.01. The molecule has 8 nitrogen and oxygen atoms in total. The third-order valence-corrected chi connectivity index (χ3v) is 6.33. The monoisotopic (exact) mass is 455 g/mol. The van der Waals surface area contributed by atoms with Crippen molar-refractivity contribution in [1.82, 2.24) is 30.2 Å². The van der Waals surface area contributed by atoms with Crippen molar-refractivity contribution in [3.05, 3.63) is 40.7 Å². The molecule has 3 aromatic rings. The summed E-state index contributed by atoms with van der Waals surface area (Å²) in [5.41, 5.74) is 3.67. The maximum atomic E-state index is 12.5. The number of carbonyl (C=O) groups excluding carboxylic acids is 1. The van der Waals surface area contributed by atoms with Crippen molar-refractivity contribution in [3.8, 4) is 5.69 Å². The number of likely N-dealkylation sites (N-methyl/N-ethyl adjacent to an activating group) is 1. The predicted molar refractivity (Wildman–Crippen MR) is 128 cm³/mol. The first-order valence-electron chi connectivity index (χ1n) is 11.0. The van der Waals surface area contributed by atoms with Crippen molar-refractivity contribution in [2.75, 3.05) is 45.2 Å². The Hall–Kier alpha value is -2.71. The van der Waals surface area contributed by atoms with Gasteiger partial charge in [0.15, 0.2) is 5.82 Å². The lowest BCUT2D eigenvalue weighted by molar-refractivity contribution is -0.125. The average Bonchev–Trinajstić information content (AvgIpc) is 3.12. The molecular formula is C23H30ClN7O. The number of aryl methyl sites for hydroxylation is 2. The van der Waals surface area contributed by atoms with E-state index in [1.54, 1.807) is 0 Å². The van der Waals surface area contributed by atoms with Gasteiger partial charge in [-0.2, -0.15) is 10.2 Å². The van der Waals surface area contributed by atoms with Crippen LogP contribution in [-0.2, 0) is 4.79 Å². The highest BCUT2D eigenvalue weighted by atomic mass is 35.5. The topological polar surface area (TPSA) is 79.2 Å². The van der Waals surface area contributed by atoms with Gasteiger partial charge in [-0.15, -0.1) is 5.10 Å². The van der Waals surface area contributed by atoms with Crippen molar-refractivity contribution in [2.45, 2.75) is 26.7 Å². The molecule has 3 heterocycles. The Labute approximate surface area is 193 Å². The summed E-state index contributed by atoms with van der Waals surface area (Å²) < 4.78 is 1.92. The van der Waals surface area contributed by atoms with Crippen LogP contribution >= 0.6 is 11.6 Å². The number of benzene rings is 1. The van der Waals surface area contributed by atoms with Gasteiger partial charge in [-0.05, 0) is 65.0 Å². The minimum absolute atomic E-state index is 0.0377. The molecule has 1 aliphatic rings. The number of nitrogens with one attached hydrogen (secondary N) is 1. The van der Waals surface area contributed by atoms with Crippen LogP contribution in [0, 0.1) is 19.8 Å². The number of anilines is 1. The van der Waals surface area contributed by atoms with Gasteiger partial charge >= 0.3 is 0 Å². The number of aromatic nitrogens is 4. The quantitative estimate of drug-likeness (QED) is 0.615. The van der Waals surface area contributed by atoms with Gasteiger partial charge in [0.05, 0.1) is 22.5 Å². The number of nitrogens with zero attached hydrogens (tertiary/aromatic N) is 6. The predicted octanol–water partition coefficient (Wildman–Crippen LogP) is 2.98. The summed E-state index contributed by atoms with van der Waals surface area (Å²) >= 11 is 6.06. The lowest BCUT2D eigenvalue weighted by Gasteiger charge is -2.32. The minimum atomic E-state index is 0.0377. The zero-order chi connectivity index (χ0) is 22.8. The van der Waals surface area contributed by atoms with E-state index in [2.05, 4.69) is 25.3 Å². The van der Waals surface area contributed by atoms with E-state index >= 15 is 0 Å². The number of halogens is 1. The molecule has 9 heteroatoms. The summed E-state index contributed by atoms with van der Waals surface area (Å²) in [6.07, 6.45) is 1.59. The average molecular weight is 456 g/mol. The van der Waals surface area contributed by atoms with Crippen molar-refractivity contribution in [1.29, 1.82) is 0 Å². The molecule has 0 spiro atoms. The van der Waals surface area contributed by atoms with E-state index in [1.165, 1.54) is 0 Å². The Balaban J connectivity index is 1.54. The molecule has 4 rings (SSSR count). The van der Waals surface area contributed by atoms with E-state index in [0.717, 1.165) is 66.3 Å². The molecule has 170 valence electrons. The first-order chi connectivity index (χ1) is 15.3. The van der Waals surface area contributed by atoms with E-state index in [4.69, 9.17) is 16.7 Å². The van der Waals surface area contributed by atoms with Crippen LogP contribution in [0.25, 0.3) is 16.6 Å². The van der Waals surface area contributed by atoms with Gasteiger partial charge in [0, 0.05) is 37.1 Å². The lowest BCUT2D eigenvalue weighted by atomic mass is 9.96. The zero-order valence-electron chi connectivity index (χ0n) is 19.1. The van der Waals surface area contributed by atoms with Crippen molar-refractivity contribution in [2.24, 2.45) is 5.92 Å². The van der Waals surface area contributed by atoms with Gasteiger partial charge in [0.2, 0.25) is 5.91 Å². The fourth-order valence-electron chi connectivity index (χ4n) is 4.26. The number of fused-ring (bicyclic) bond motifs is 1. The van der Waals surface area contributed by atoms with E-state index in [1.807, 2.05) is 56.9 Å². The molecule has 1 N–H and O–H groups in total. The highest BCUT2D eigenvalue weighted by Gasteiger charge is 2.28. The van der Waals surface area contributed by atoms with Crippen molar-refractivity contribution >= 4 is 34.2 Å². The van der Waals surface area contributed by atoms with Crippen LogP contribution in [0.1, 0.15) is 24.2 Å². The summed E-state index contributed by atoms with van der Waals surface area (Å²) in [5, 5.41) is 18.6. The SMILES string of the molecule is Cc1nnc(N2CCC(C(=O)NCCN(C)C)CC2)c2nn(-c3ccc(Cl)cc3)c(C)c12. The molecule has 0 aliphatic carbocycles. The standard InChI is InChI=1S/C23H30ClN7O/c1-15-20-16(2)31(19-7-5-18(24)6-8-19)28-21(20)22(27-26-15)30-12-9-17(10-13-30)23(32)25-11-14-29(3)4/h5-8,17H,9-14H2,1-4H3,(H,25,32). The van der Waals surface area contributed by atoms with Gasteiger partial charge < -0.3 is 15.1 Å². The van der Waals surface area contributed by atoms with Gasteiger partial charge in [-0.25, -0.2) is 4.68 Å². The van der Waals surface area contributed by atoms with E-state index in [0.29, 0.717) is 11.6 Å². The number of rotatable bonds is 6. The Morgan fingerprint density at radius 3 is 2.50 bits per heavy atom. The second kappa shape index (κ2) is 9.42. The van der Waals surface area contributed by atoms with Gasteiger partial charge in [0.25, 0.3) is 0 Å². The third-order valence-electron chi connectivity index (χ3n) is 6.08. The first kappa shape index (κ1) is 22.5. The largest absolute Gasteiger partial charge is 0.355 e. The van der Waals surface area contributed by atoms with E-state index < -0.39 is 0 Å². The smallest absolute Gasteiger partial charge is 0.223 e. The molecule has 1 fully saturated rings. The minimum Gasteiger partial charge on any atom is -0.355 e. The molecule has 1 aliphatic heterocycles. The van der Waals surface area contributed by atoms with Crippen LogP contribution in [0.3, 0.4) is 0 Å². The Morgan fingerprint density at radius 2 is 1.84 bits per heavy atom. The number of carbonyl (C=O) groups is 1. The maximum Gasteiger partial charge on any atom is 0.223 e. The third kappa shape index (κ3) is 4.56. The maximum absolute atomic E-state index is 12.5. The number of hydrogen-bond donors (Lipinski definition) is 1. The summed E-state index contributed by atoms with van der Waals surface area (Å²) in [5.74, 6) is 0.970. The number of hydrogen-bond acceptors (Lipinski definition) is 6. The molecule has 1 saturated heterocycles. The van der Waals surface area contributed by atoms with Crippen molar-refractivity contribution in [3.63, 3.8) is 0 Å². The normalized spacial score (nSPS) is 15.0. The molecule has 0 atom stereocenters. The highest BCUT2D eigenvalue weighted by Crippen LogP contribution is 2.31. The first-order valence-corrected chi connectivity index (χ1v) is 11.4. The van der Waals surface area contributed by atoms with Crippen LogP contribution in [0.4, 0.5) is 5.82 Å². The van der Waals surface area contributed by atoms with Crippen LogP contribution in [0.15, 0.2) is 24.3 Å². The number of piperidine rings is 1. The van der Waals surface area contributed by atoms with Gasteiger partial charge in [0.1, 0.15) is 5.52 Å². The second-order valence-corrected chi connectivity index (χ2v) is 9.10. The molecule has 32 heavy (non-hydrogen) atoms. The molecule has 1 aromatic carbocycles. The van der Waals surface area contributed by atoms with E-state index in [9.17, 15) is 4.79 Å². The highest BCUT2D eigenvalue weighted by molar-refractivity contribution is 6.30. The summed E-state index contributed by atoms with van der Waals surface area (Å²) in [6, 6.07) is 7.64. The number of amides is 1. The lowest BCUT2D eigenvalue weighted by Crippen LogP contribution is -2.42. The van der Waals surface area contributed by atoms with Gasteiger partial charge in [-0.3, -0.25) is 4.79 Å². The fourth-order valence-corrected chi connectivity index (χ4v) is 4.38. The Morgan fingerprint density at radius 1 is 1.16 bits per heavy atom. The van der Waals surface area contributed by atoms with Crippen molar-refractivity contribution < 1.29 is 4.79 Å². The van der Waals surface area contributed by atoms with Gasteiger partial charge in [-0.1, -0.05) is 11.6 Å². The Kier molecular flexibility index (Phi) is 6.62. The van der Waals surface area contributed by atoms with Crippen LogP contribution < -0.4 is 10.2 Å². The Bertz CT molecular complexity index is 1100. The van der Waals surface area contributed by atoms with Crippen LogP contribution in [0.5, 0.6) is 0 Å². The zero-order valence-corrected chi connectivity index (χ0v) is 19.9. The molecule has 1 amide bonds. The fraction of sp³-hybridized carbons (Fsp3) is 0.478. The van der Waals surface area contributed by atoms with E-state index in [-0.39, 0.29) is 11.8 Å². The molecule has 0 radical (unpaired) electrons. The molecule has 0 saturated carbocycles. The molecular weight excluding hydrogens is 426 g/mol. The second-order valence-electron chi connectivity index (χ2n) is 8.66. The summed E-state index contributed by atoms with van der Waals surface area (Å²) in [6.45, 7) is 7.04.